The predicted octanol–water partition coefficient (Wildman–Crippen LogP) is 7.36. The first-order chi connectivity index (χ1) is 19.4. The van der Waals surface area contributed by atoms with Crippen molar-refractivity contribution >= 4 is 11.9 Å². The molecule has 6 heteroatoms. The SMILES string of the molecule is CCc1c(C)[nH]c(C(=O)OCc2ccccc2)c1CCCCc1c(C(=O)OCc2ccccc2)[nH]c(C)c1CC. The van der Waals surface area contributed by atoms with Gasteiger partial charge in [0.05, 0.1) is 0 Å². The third kappa shape index (κ3) is 6.92. The number of rotatable bonds is 13. The fourth-order valence-electron chi connectivity index (χ4n) is 5.48. The summed E-state index contributed by atoms with van der Waals surface area (Å²) in [6.07, 6.45) is 4.99. The van der Waals surface area contributed by atoms with Gasteiger partial charge >= 0.3 is 11.9 Å². The maximum absolute atomic E-state index is 13.0. The number of aromatic nitrogens is 2. The molecule has 2 heterocycles. The van der Waals surface area contributed by atoms with Gasteiger partial charge in [-0.05, 0) is 85.8 Å². The summed E-state index contributed by atoms with van der Waals surface area (Å²) in [5.41, 5.74) is 9.52. The van der Waals surface area contributed by atoms with Crippen LogP contribution in [0.5, 0.6) is 0 Å². The molecule has 0 amide bonds. The largest absolute Gasteiger partial charge is 0.456 e. The van der Waals surface area contributed by atoms with Gasteiger partial charge in [-0.25, -0.2) is 9.59 Å². The molecule has 4 rings (SSSR count). The number of benzene rings is 2. The Labute approximate surface area is 237 Å². The molecule has 0 bridgehead atoms. The van der Waals surface area contributed by atoms with Crippen molar-refractivity contribution in [3.05, 3.63) is 117 Å². The first-order valence-electron chi connectivity index (χ1n) is 14.3. The van der Waals surface area contributed by atoms with Crippen molar-refractivity contribution in [2.24, 2.45) is 0 Å². The molecule has 0 radical (unpaired) electrons. The van der Waals surface area contributed by atoms with Crippen LogP contribution < -0.4 is 0 Å². The molecule has 2 N–H and O–H groups in total. The van der Waals surface area contributed by atoms with Crippen LogP contribution in [-0.4, -0.2) is 21.9 Å². The number of hydrogen-bond acceptors (Lipinski definition) is 4. The second-order valence-corrected chi connectivity index (χ2v) is 10.2. The summed E-state index contributed by atoms with van der Waals surface area (Å²) in [6.45, 7) is 8.74. The van der Waals surface area contributed by atoms with Crippen LogP contribution in [0.4, 0.5) is 0 Å². The highest BCUT2D eigenvalue weighted by Gasteiger charge is 2.23. The van der Waals surface area contributed by atoms with E-state index in [4.69, 9.17) is 9.47 Å². The maximum Gasteiger partial charge on any atom is 0.355 e. The lowest BCUT2D eigenvalue weighted by Gasteiger charge is -2.10. The van der Waals surface area contributed by atoms with E-state index >= 15 is 0 Å². The Kier molecular flexibility index (Phi) is 10.0. The molecule has 0 aliphatic rings. The van der Waals surface area contributed by atoms with Gasteiger partial charge in [0.15, 0.2) is 0 Å². The normalized spacial score (nSPS) is 11.0. The van der Waals surface area contributed by atoms with Gasteiger partial charge in [0, 0.05) is 11.4 Å². The first-order valence-corrected chi connectivity index (χ1v) is 14.3. The molecule has 2 aromatic carbocycles. The van der Waals surface area contributed by atoms with Crippen LogP contribution in [0.1, 0.15) is 92.4 Å². The Morgan fingerprint density at radius 1 is 0.600 bits per heavy atom. The Morgan fingerprint density at radius 2 is 0.975 bits per heavy atom. The molecule has 2 aromatic heterocycles. The zero-order chi connectivity index (χ0) is 28.5. The van der Waals surface area contributed by atoms with Gasteiger partial charge in [-0.2, -0.15) is 0 Å². The number of unbranched alkanes of at least 4 members (excludes halogenated alkanes) is 1. The molecular formula is C34H40N2O4. The minimum Gasteiger partial charge on any atom is -0.456 e. The van der Waals surface area contributed by atoms with Crippen molar-refractivity contribution in [1.82, 2.24) is 9.97 Å². The minimum atomic E-state index is -0.320. The van der Waals surface area contributed by atoms with Crippen LogP contribution >= 0.6 is 0 Å². The number of hydrogen-bond donors (Lipinski definition) is 2. The summed E-state index contributed by atoms with van der Waals surface area (Å²) in [4.78, 5) is 32.7. The Hall–Kier alpha value is -4.06. The highest BCUT2D eigenvalue weighted by molar-refractivity contribution is 5.90. The number of carbonyl (C=O) groups excluding carboxylic acids is 2. The molecule has 0 atom stereocenters. The van der Waals surface area contributed by atoms with Crippen molar-refractivity contribution in [2.45, 2.75) is 79.4 Å². The van der Waals surface area contributed by atoms with E-state index in [0.29, 0.717) is 11.4 Å². The second-order valence-electron chi connectivity index (χ2n) is 10.2. The van der Waals surface area contributed by atoms with Gasteiger partial charge in [-0.15, -0.1) is 0 Å². The second kappa shape index (κ2) is 13.8. The molecule has 0 fully saturated rings. The number of nitrogens with one attached hydrogen (secondary N) is 2. The van der Waals surface area contributed by atoms with E-state index in [1.54, 1.807) is 0 Å². The predicted molar refractivity (Wildman–Crippen MR) is 158 cm³/mol. The standard InChI is InChI=1S/C34H40N2O4/c1-5-27-23(3)35-31(33(37)39-21-25-15-9-7-10-16-25)29(27)19-13-14-20-30-28(6-2)24(4)36-32(30)34(38)40-22-26-17-11-8-12-18-26/h7-12,15-18,35-36H,5-6,13-14,19-22H2,1-4H3. The molecular weight excluding hydrogens is 500 g/mol. The lowest BCUT2D eigenvalue weighted by molar-refractivity contribution is 0.0456. The van der Waals surface area contributed by atoms with Gasteiger partial charge in [-0.3, -0.25) is 0 Å². The van der Waals surface area contributed by atoms with E-state index in [1.807, 2.05) is 74.5 Å². The number of aromatic amines is 2. The van der Waals surface area contributed by atoms with E-state index < -0.39 is 0 Å². The minimum absolute atomic E-state index is 0.244. The molecule has 4 aromatic rings. The number of aryl methyl sites for hydroxylation is 2. The summed E-state index contributed by atoms with van der Waals surface area (Å²) in [5, 5.41) is 0. The zero-order valence-electron chi connectivity index (χ0n) is 24.1. The summed E-state index contributed by atoms with van der Waals surface area (Å²) < 4.78 is 11.3. The van der Waals surface area contributed by atoms with Crippen molar-refractivity contribution in [3.63, 3.8) is 0 Å². The van der Waals surface area contributed by atoms with Crippen molar-refractivity contribution in [1.29, 1.82) is 0 Å². The molecule has 210 valence electrons. The maximum atomic E-state index is 13.0. The number of carbonyl (C=O) groups is 2. The topological polar surface area (TPSA) is 84.2 Å². The van der Waals surface area contributed by atoms with Crippen LogP contribution in [0.25, 0.3) is 0 Å². The summed E-state index contributed by atoms with van der Waals surface area (Å²) in [7, 11) is 0. The van der Waals surface area contributed by atoms with Crippen LogP contribution in [0.3, 0.4) is 0 Å². The first kappa shape index (κ1) is 28.9. The molecule has 0 saturated carbocycles. The molecule has 40 heavy (non-hydrogen) atoms. The Bertz CT molecular complexity index is 1310. The third-order valence-electron chi connectivity index (χ3n) is 7.51. The highest BCUT2D eigenvalue weighted by atomic mass is 16.5. The van der Waals surface area contributed by atoms with Crippen LogP contribution in [0.15, 0.2) is 60.7 Å². The number of esters is 2. The van der Waals surface area contributed by atoms with E-state index in [1.165, 1.54) is 11.1 Å². The van der Waals surface area contributed by atoms with Gasteiger partial charge < -0.3 is 19.4 Å². The Balaban J connectivity index is 1.41. The molecule has 0 saturated heterocycles. The quantitative estimate of drug-likeness (QED) is 0.137. The third-order valence-corrected chi connectivity index (χ3v) is 7.51. The van der Waals surface area contributed by atoms with Crippen molar-refractivity contribution in [2.75, 3.05) is 0 Å². The highest BCUT2D eigenvalue weighted by Crippen LogP contribution is 2.26. The summed E-state index contributed by atoms with van der Waals surface area (Å²) in [5.74, 6) is -0.640. The van der Waals surface area contributed by atoms with Gasteiger partial charge in [-0.1, -0.05) is 74.5 Å². The lowest BCUT2D eigenvalue weighted by atomic mass is 9.96. The molecule has 0 aliphatic carbocycles. The van der Waals surface area contributed by atoms with E-state index in [9.17, 15) is 9.59 Å². The summed E-state index contributed by atoms with van der Waals surface area (Å²) in [6, 6.07) is 19.4. The Morgan fingerprint density at radius 3 is 1.32 bits per heavy atom. The van der Waals surface area contributed by atoms with E-state index in [0.717, 1.165) is 72.2 Å². The molecule has 0 unspecified atom stereocenters. The summed E-state index contributed by atoms with van der Waals surface area (Å²) >= 11 is 0. The van der Waals surface area contributed by atoms with E-state index in [2.05, 4.69) is 23.8 Å². The number of H-pyrrole nitrogens is 2. The molecule has 0 aliphatic heterocycles. The molecule has 0 spiro atoms. The average Bonchev–Trinajstić information content (AvgIpc) is 3.48. The van der Waals surface area contributed by atoms with E-state index in [-0.39, 0.29) is 25.2 Å². The smallest absolute Gasteiger partial charge is 0.355 e. The van der Waals surface area contributed by atoms with Gasteiger partial charge in [0.25, 0.3) is 0 Å². The van der Waals surface area contributed by atoms with Gasteiger partial charge in [0.2, 0.25) is 0 Å². The van der Waals surface area contributed by atoms with Crippen LogP contribution in [0, 0.1) is 13.8 Å². The van der Waals surface area contributed by atoms with Crippen LogP contribution in [-0.2, 0) is 48.4 Å². The fraction of sp³-hybridized carbons (Fsp3) is 0.353. The molecule has 6 nitrogen and oxygen atoms in total. The monoisotopic (exact) mass is 540 g/mol. The van der Waals surface area contributed by atoms with Crippen molar-refractivity contribution < 1.29 is 19.1 Å². The lowest BCUT2D eigenvalue weighted by Crippen LogP contribution is -2.10. The zero-order valence-corrected chi connectivity index (χ0v) is 24.1. The van der Waals surface area contributed by atoms with Crippen molar-refractivity contribution in [3.8, 4) is 0 Å². The fourth-order valence-corrected chi connectivity index (χ4v) is 5.48. The average molecular weight is 541 g/mol. The van der Waals surface area contributed by atoms with Gasteiger partial charge in [0.1, 0.15) is 24.6 Å². The van der Waals surface area contributed by atoms with Crippen LogP contribution in [0.2, 0.25) is 0 Å². The number of ether oxygens (including phenoxy) is 2.